The number of phenolic OH excluding ortho intramolecular Hbond substituents is 1. The number of hydrogen-bond donors (Lipinski definition) is 6. The molecule has 51 heavy (non-hydrogen) atoms. The second-order valence-electron chi connectivity index (χ2n) is 11.4. The predicted molar refractivity (Wildman–Crippen MR) is 175 cm³/mol. The highest BCUT2D eigenvalue weighted by Crippen LogP contribution is 2.49. The highest BCUT2D eigenvalue weighted by Gasteiger charge is 2.66. The zero-order valence-electron chi connectivity index (χ0n) is 25.9. The van der Waals surface area contributed by atoms with E-state index in [1.807, 2.05) is 5.43 Å². The summed E-state index contributed by atoms with van der Waals surface area (Å²) in [4.78, 5) is 111. The third-order valence-corrected chi connectivity index (χ3v) is 10.8. The number of nitrogen functional groups attached to an aromatic ring is 1. The molecule has 2 aromatic rings. The fourth-order valence-electron chi connectivity index (χ4n) is 4.94. The van der Waals surface area contributed by atoms with Crippen molar-refractivity contribution in [3.63, 3.8) is 0 Å². The molecule has 0 radical (unpaired) electrons. The number of hydrazine groups is 1. The third-order valence-electron chi connectivity index (χ3n) is 7.68. The molecule has 3 aliphatic rings. The summed E-state index contributed by atoms with van der Waals surface area (Å²) < 4.78 is -0.119. The van der Waals surface area contributed by atoms with Crippen molar-refractivity contribution < 1.29 is 58.5 Å². The number of β-lactam (4-membered cyclic amide) rings is 1. The van der Waals surface area contributed by atoms with Crippen LogP contribution in [0, 0.1) is 0 Å². The van der Waals surface area contributed by atoms with Crippen LogP contribution in [0.2, 0.25) is 9.36 Å². The number of halogens is 2. The number of carboxylic acids is 2. The van der Waals surface area contributed by atoms with E-state index in [0.717, 1.165) is 48.3 Å². The molecule has 3 atom stereocenters. The van der Waals surface area contributed by atoms with Gasteiger partial charge in [0.25, 0.3) is 11.7 Å². The van der Waals surface area contributed by atoms with Crippen molar-refractivity contribution in [3.05, 3.63) is 38.8 Å². The van der Waals surface area contributed by atoms with Crippen LogP contribution in [0.1, 0.15) is 29.9 Å². The van der Waals surface area contributed by atoms with Gasteiger partial charge in [-0.3, -0.25) is 34.2 Å². The molecule has 1 aromatic heterocycles. The Bertz CT molecular complexity index is 1960. The van der Waals surface area contributed by atoms with E-state index in [0.29, 0.717) is 21.7 Å². The van der Waals surface area contributed by atoms with Gasteiger partial charge >= 0.3 is 29.7 Å². The van der Waals surface area contributed by atoms with E-state index < -0.39 is 94.5 Å². The third kappa shape index (κ3) is 6.69. The van der Waals surface area contributed by atoms with Gasteiger partial charge in [0.05, 0.1) is 18.1 Å². The van der Waals surface area contributed by atoms with Crippen molar-refractivity contribution in [2.45, 2.75) is 35.7 Å². The van der Waals surface area contributed by atoms with Gasteiger partial charge in [-0.2, -0.15) is 0 Å². The molecule has 0 saturated carbocycles. The van der Waals surface area contributed by atoms with Crippen molar-refractivity contribution in [2.75, 3.05) is 25.4 Å². The Morgan fingerprint density at radius 3 is 2.37 bits per heavy atom. The van der Waals surface area contributed by atoms with Crippen LogP contribution in [0.5, 0.6) is 5.75 Å². The molecule has 20 nitrogen and oxygen atoms in total. The predicted octanol–water partition coefficient (Wildman–Crippen LogP) is -0.913. The number of aromatic hydroxyl groups is 1. The number of thiazole rings is 1. The van der Waals surface area contributed by atoms with Gasteiger partial charge in [-0.05, 0) is 32.0 Å². The molecular formula is C27H24Cl2N8O12S2. The number of carbonyl (C=O) groups is 8. The lowest BCUT2D eigenvalue weighted by Crippen LogP contribution is -2.69. The molecule has 0 spiro atoms. The molecule has 1 aromatic carbocycles. The number of aliphatic carboxylic acids is 2. The van der Waals surface area contributed by atoms with Crippen LogP contribution in [0.25, 0.3) is 0 Å². The molecule has 24 heteroatoms. The zero-order chi connectivity index (χ0) is 37.7. The summed E-state index contributed by atoms with van der Waals surface area (Å²) in [7, 11) is 0. The van der Waals surface area contributed by atoms with Gasteiger partial charge < -0.3 is 41.0 Å². The largest absolute Gasteiger partial charge is 0.508 e. The van der Waals surface area contributed by atoms with Crippen LogP contribution in [0.15, 0.2) is 23.4 Å². The number of piperazine rings is 1. The summed E-state index contributed by atoms with van der Waals surface area (Å²) in [6, 6.07) is 1.79. The SMILES string of the molecule is CC(C)(O/N=C(\C(=O)N[C@@H]1C(=O)N2C[C@@](C(=O)O)(N3CCN(NC(=O)C(=O)c4ccc(O)cc4Cl)C(=O)C3=O)S[C@H]12)c1nc(N)sc1Cl)C(=O)O. The summed E-state index contributed by atoms with van der Waals surface area (Å²) in [6.07, 6.45) is 0. The number of ketones is 1. The molecule has 3 saturated heterocycles. The first-order chi connectivity index (χ1) is 23.8. The van der Waals surface area contributed by atoms with E-state index >= 15 is 0 Å². The Labute approximate surface area is 303 Å². The minimum atomic E-state index is -2.23. The minimum absolute atomic E-state index is 0.0799. The van der Waals surface area contributed by atoms with Crippen molar-refractivity contribution >= 4 is 104 Å². The number of carboxylic acid groups (broad SMARTS) is 2. The maximum atomic E-state index is 13.4. The Hall–Kier alpha value is -5.19. The molecule has 3 fully saturated rings. The zero-order valence-corrected chi connectivity index (χ0v) is 29.1. The average molecular weight is 788 g/mol. The van der Waals surface area contributed by atoms with Crippen LogP contribution in [0.3, 0.4) is 0 Å². The van der Waals surface area contributed by atoms with Gasteiger partial charge in [-0.25, -0.2) is 19.6 Å². The molecule has 270 valence electrons. The quantitative estimate of drug-likeness (QED) is 0.0528. The smallest absolute Gasteiger partial charge is 0.350 e. The summed E-state index contributed by atoms with van der Waals surface area (Å²) in [5.41, 5.74) is 4.52. The number of thioether (sulfide) groups is 1. The number of anilines is 1. The van der Waals surface area contributed by atoms with Gasteiger partial charge in [-0.1, -0.05) is 51.5 Å². The van der Waals surface area contributed by atoms with E-state index in [1.165, 1.54) is 0 Å². The number of nitrogens with zero attached hydrogens (tertiary/aromatic N) is 5. The lowest BCUT2D eigenvalue weighted by Gasteiger charge is -2.41. The fourth-order valence-corrected chi connectivity index (χ4v) is 7.77. The lowest BCUT2D eigenvalue weighted by molar-refractivity contribution is -0.167. The van der Waals surface area contributed by atoms with E-state index in [2.05, 4.69) is 15.5 Å². The number of rotatable bonds is 11. The highest BCUT2D eigenvalue weighted by atomic mass is 35.5. The number of fused-ring (bicyclic) bond motifs is 1. The van der Waals surface area contributed by atoms with E-state index in [4.69, 9.17) is 33.8 Å². The number of aromatic nitrogens is 1. The number of nitrogens with one attached hydrogen (secondary N) is 2. The van der Waals surface area contributed by atoms with Crippen molar-refractivity contribution in [1.82, 2.24) is 30.5 Å². The summed E-state index contributed by atoms with van der Waals surface area (Å²) in [5, 5.41) is 34.3. The summed E-state index contributed by atoms with van der Waals surface area (Å²) in [6.45, 7) is 0.753. The first kappa shape index (κ1) is 37.1. The molecular weight excluding hydrogens is 763 g/mol. The highest BCUT2D eigenvalue weighted by molar-refractivity contribution is 8.02. The van der Waals surface area contributed by atoms with Gasteiger partial charge in [0.15, 0.2) is 10.8 Å². The van der Waals surface area contributed by atoms with Gasteiger partial charge in [0.1, 0.15) is 27.2 Å². The first-order valence-corrected chi connectivity index (χ1v) is 16.7. The van der Waals surface area contributed by atoms with Gasteiger partial charge in [0.2, 0.25) is 16.4 Å². The maximum Gasteiger partial charge on any atom is 0.350 e. The standard InChI is InChI=1S/C27H24Cl2N8O12S2/c1-26(2,23(45)46)49-34-13(12-16(29)50-25(30)32-12)17(40)31-14-19(42)35-8-27(24(47)48,51-22(14)35)36-5-6-37(21(44)20(36)43)33-18(41)15(39)10-4-3-9(38)7-11(10)28/h3-4,7,14,22,38H,5-6,8H2,1-2H3,(H2,30,32)(H,31,40)(H,33,41)(H,45,46)(H,47,48)/b34-13-/t14-,22-,27-/m1/s1. The number of carbonyl (C=O) groups excluding carboxylic acids is 6. The molecule has 3 aliphatic heterocycles. The molecule has 4 heterocycles. The second kappa shape index (κ2) is 13.5. The van der Waals surface area contributed by atoms with E-state index in [9.17, 15) is 53.7 Å². The Morgan fingerprint density at radius 1 is 1.10 bits per heavy atom. The van der Waals surface area contributed by atoms with Crippen molar-refractivity contribution in [2.24, 2.45) is 5.16 Å². The first-order valence-electron chi connectivity index (χ1n) is 14.2. The number of Topliss-reactive ketones (excluding diaryl/α,β-unsaturated/α-hetero) is 1. The lowest BCUT2D eigenvalue weighted by atomic mass is 10.0. The van der Waals surface area contributed by atoms with Gasteiger partial charge in [0, 0.05) is 12.1 Å². The van der Waals surface area contributed by atoms with Crippen molar-refractivity contribution in [1.29, 1.82) is 0 Å². The van der Waals surface area contributed by atoms with E-state index in [1.54, 1.807) is 0 Å². The second-order valence-corrected chi connectivity index (χ2v) is 14.8. The number of phenols is 1. The summed E-state index contributed by atoms with van der Waals surface area (Å²) in [5.74, 6) is -10.5. The average Bonchev–Trinajstić information content (AvgIpc) is 3.59. The molecule has 0 aliphatic carbocycles. The van der Waals surface area contributed by atoms with Crippen LogP contribution in [-0.2, 0) is 38.4 Å². The fraction of sp³-hybridized carbons (Fsp3) is 0.333. The number of oxime groups is 1. The van der Waals surface area contributed by atoms with Crippen LogP contribution < -0.4 is 16.5 Å². The minimum Gasteiger partial charge on any atom is -0.508 e. The van der Waals surface area contributed by atoms with Crippen LogP contribution in [0.4, 0.5) is 5.13 Å². The molecule has 7 N–H and O–H groups in total. The monoisotopic (exact) mass is 786 g/mol. The molecule has 0 unspecified atom stereocenters. The topological polar surface area (TPSA) is 292 Å². The molecule has 5 rings (SSSR count). The Balaban J connectivity index is 1.31. The normalized spacial score (nSPS) is 21.9. The number of hydrogen-bond acceptors (Lipinski definition) is 15. The number of benzene rings is 1. The maximum absolute atomic E-state index is 13.4. The Kier molecular flexibility index (Phi) is 9.82. The molecule has 0 bridgehead atoms. The number of amides is 5. The molecule has 5 amide bonds. The number of nitrogens with two attached hydrogens (primary N) is 1. The summed E-state index contributed by atoms with van der Waals surface area (Å²) >= 11 is 13.4. The van der Waals surface area contributed by atoms with Crippen molar-refractivity contribution in [3.8, 4) is 5.75 Å². The van der Waals surface area contributed by atoms with Crippen LogP contribution >= 0.6 is 46.3 Å². The Morgan fingerprint density at radius 2 is 1.78 bits per heavy atom. The van der Waals surface area contributed by atoms with E-state index in [-0.39, 0.29) is 31.5 Å². The van der Waals surface area contributed by atoms with Crippen LogP contribution in [-0.4, -0.2) is 130 Å². The van der Waals surface area contributed by atoms with Gasteiger partial charge in [-0.15, -0.1) is 0 Å².